The van der Waals surface area contributed by atoms with E-state index in [4.69, 9.17) is 21.1 Å². The number of aromatic amines is 1. The monoisotopic (exact) mass is 434 g/mol. The summed E-state index contributed by atoms with van der Waals surface area (Å²) >= 11 is 7.37. The molecule has 0 aliphatic heterocycles. The van der Waals surface area contributed by atoms with E-state index in [0.717, 1.165) is 23.5 Å². The number of aryl methyl sites for hydroxylation is 1. The maximum Gasteiger partial charge on any atom is 0.209 e. The molecule has 3 rings (SSSR count). The molecule has 154 valence electrons. The number of H-pyrrole nitrogens is 1. The Balaban J connectivity index is 1.70. The maximum atomic E-state index is 12.7. The number of carbonyl (C=O) groups excluding carboxylic acids is 1. The molecule has 0 aliphatic rings. The molecule has 0 aliphatic carbocycles. The minimum atomic E-state index is 0.0402. The van der Waals surface area contributed by atoms with Gasteiger partial charge in [-0.3, -0.25) is 9.89 Å². The third-order valence-electron chi connectivity index (χ3n) is 4.61. The smallest absolute Gasteiger partial charge is 0.209 e. The van der Waals surface area contributed by atoms with Gasteiger partial charge >= 0.3 is 0 Å². The van der Waals surface area contributed by atoms with Gasteiger partial charge in [-0.25, -0.2) is 4.98 Å². The number of carbonyl (C=O) groups is 1. The summed E-state index contributed by atoms with van der Waals surface area (Å²) < 4.78 is 12.6. The number of hydrogen-bond donors (Lipinski definition) is 1. The number of hydrogen-bond acceptors (Lipinski definition) is 6. The first-order chi connectivity index (χ1) is 13.9. The van der Waals surface area contributed by atoms with E-state index in [1.165, 1.54) is 11.8 Å². The summed E-state index contributed by atoms with van der Waals surface area (Å²) in [7, 11) is 3.25. The van der Waals surface area contributed by atoms with Crippen LogP contribution in [-0.2, 0) is 11.3 Å². The van der Waals surface area contributed by atoms with Crippen molar-refractivity contribution in [2.45, 2.75) is 25.5 Å². The number of nitrogens with one attached hydrogen (secondary N) is 1. The number of thioether (sulfide) groups is 1. The molecule has 0 saturated carbocycles. The number of ether oxygens (including phenoxy) is 2. The predicted molar refractivity (Wildman–Crippen MR) is 114 cm³/mol. The third kappa shape index (κ3) is 4.83. The van der Waals surface area contributed by atoms with Crippen LogP contribution in [0.3, 0.4) is 0 Å². The number of halogens is 1. The van der Waals surface area contributed by atoms with Gasteiger partial charge in [0.1, 0.15) is 5.75 Å². The molecule has 0 bridgehead atoms. The number of methoxy groups -OCH3 is 2. The minimum Gasteiger partial charge on any atom is -0.496 e. The van der Waals surface area contributed by atoms with Crippen molar-refractivity contribution >= 4 is 29.1 Å². The van der Waals surface area contributed by atoms with E-state index in [-0.39, 0.29) is 11.5 Å². The van der Waals surface area contributed by atoms with Gasteiger partial charge in [-0.2, -0.15) is 0 Å². The molecule has 1 N–H and O–H groups in total. The Labute approximate surface area is 178 Å². The van der Waals surface area contributed by atoms with Crippen molar-refractivity contribution in [2.24, 2.45) is 0 Å². The quantitative estimate of drug-likeness (QED) is 0.402. The van der Waals surface area contributed by atoms with Gasteiger partial charge in [0.15, 0.2) is 11.6 Å². The molecule has 3 aromatic rings. The highest BCUT2D eigenvalue weighted by Crippen LogP contribution is 2.31. The topological polar surface area (TPSA) is 82.0 Å². The van der Waals surface area contributed by atoms with E-state index in [1.54, 1.807) is 32.4 Å². The number of ketones is 1. The number of nitrogens with zero attached hydrogens (tertiary/aromatic N) is 3. The van der Waals surface area contributed by atoms with Crippen molar-refractivity contribution in [2.75, 3.05) is 26.6 Å². The van der Waals surface area contributed by atoms with Crippen molar-refractivity contribution in [1.29, 1.82) is 0 Å². The van der Waals surface area contributed by atoms with E-state index in [0.29, 0.717) is 33.9 Å². The molecule has 1 aromatic carbocycles. The fourth-order valence-corrected chi connectivity index (χ4v) is 3.97. The van der Waals surface area contributed by atoms with Gasteiger partial charge in [-0.05, 0) is 38.1 Å². The molecule has 0 unspecified atom stereocenters. The second-order valence-electron chi connectivity index (χ2n) is 6.45. The first kappa shape index (κ1) is 21.4. The van der Waals surface area contributed by atoms with E-state index in [9.17, 15) is 4.79 Å². The lowest BCUT2D eigenvalue weighted by Gasteiger charge is -2.08. The van der Waals surface area contributed by atoms with Crippen LogP contribution >= 0.6 is 23.4 Å². The molecule has 2 aromatic heterocycles. The van der Waals surface area contributed by atoms with Crippen molar-refractivity contribution in [1.82, 2.24) is 19.7 Å². The maximum absolute atomic E-state index is 12.7. The summed E-state index contributed by atoms with van der Waals surface area (Å²) in [5.74, 6) is 1.47. The Morgan fingerprint density at radius 1 is 1.28 bits per heavy atom. The van der Waals surface area contributed by atoms with Crippen molar-refractivity contribution < 1.29 is 14.3 Å². The summed E-state index contributed by atoms with van der Waals surface area (Å²) in [6.07, 6.45) is 0. The lowest BCUT2D eigenvalue weighted by atomic mass is 10.2. The largest absolute Gasteiger partial charge is 0.496 e. The second kappa shape index (κ2) is 9.47. The summed E-state index contributed by atoms with van der Waals surface area (Å²) in [5.41, 5.74) is 3.43. The Morgan fingerprint density at radius 2 is 2.07 bits per heavy atom. The first-order valence-electron chi connectivity index (χ1n) is 9.02. The normalized spacial score (nSPS) is 11.1. The van der Waals surface area contributed by atoms with E-state index in [2.05, 4.69) is 19.7 Å². The van der Waals surface area contributed by atoms with Crippen molar-refractivity contribution in [3.05, 3.63) is 46.2 Å². The zero-order valence-corrected chi connectivity index (χ0v) is 18.4. The van der Waals surface area contributed by atoms with Crippen LogP contribution in [0.5, 0.6) is 5.75 Å². The SMILES string of the molecule is COCCn1c(C)cc(C(=O)CSc2n[nH]c(-c3cc(Cl)ccc3OC)n2)c1C. The van der Waals surface area contributed by atoms with Gasteiger partial charge in [0.25, 0.3) is 0 Å². The van der Waals surface area contributed by atoms with Crippen LogP contribution in [0.15, 0.2) is 29.4 Å². The molecule has 0 atom stereocenters. The van der Waals surface area contributed by atoms with Gasteiger partial charge < -0.3 is 14.0 Å². The average Bonchev–Trinajstić information content (AvgIpc) is 3.29. The van der Waals surface area contributed by atoms with Crippen molar-refractivity contribution in [3.63, 3.8) is 0 Å². The lowest BCUT2D eigenvalue weighted by molar-refractivity contribution is 0.102. The van der Waals surface area contributed by atoms with E-state index in [1.807, 2.05) is 19.9 Å². The summed E-state index contributed by atoms with van der Waals surface area (Å²) in [5, 5.41) is 8.15. The highest BCUT2D eigenvalue weighted by Gasteiger charge is 2.18. The molecule has 29 heavy (non-hydrogen) atoms. The lowest BCUT2D eigenvalue weighted by Crippen LogP contribution is -2.09. The number of rotatable bonds is 9. The Hall–Kier alpha value is -2.29. The Kier molecular flexibility index (Phi) is 7.00. The van der Waals surface area contributed by atoms with Crippen LogP contribution in [0.1, 0.15) is 21.7 Å². The first-order valence-corrected chi connectivity index (χ1v) is 10.4. The van der Waals surface area contributed by atoms with Gasteiger partial charge in [-0.15, -0.1) is 5.10 Å². The molecule has 2 heterocycles. The van der Waals surface area contributed by atoms with E-state index >= 15 is 0 Å². The molecule has 9 heteroatoms. The molecule has 0 saturated heterocycles. The van der Waals surface area contributed by atoms with Crippen LogP contribution in [0.2, 0.25) is 5.02 Å². The zero-order valence-electron chi connectivity index (χ0n) is 16.8. The van der Waals surface area contributed by atoms with Gasteiger partial charge in [0.05, 0.1) is 25.0 Å². The molecular formula is C20H23ClN4O3S. The van der Waals surface area contributed by atoms with Crippen LogP contribution < -0.4 is 4.74 Å². The summed E-state index contributed by atoms with van der Waals surface area (Å²) in [6, 6.07) is 7.21. The molecule has 0 radical (unpaired) electrons. The van der Waals surface area contributed by atoms with Gasteiger partial charge in [-0.1, -0.05) is 23.4 Å². The van der Waals surface area contributed by atoms with Gasteiger partial charge in [0, 0.05) is 35.6 Å². The van der Waals surface area contributed by atoms with E-state index < -0.39 is 0 Å². The van der Waals surface area contributed by atoms with Crippen molar-refractivity contribution in [3.8, 4) is 17.1 Å². The second-order valence-corrected chi connectivity index (χ2v) is 7.83. The molecule has 0 spiro atoms. The summed E-state index contributed by atoms with van der Waals surface area (Å²) in [6.45, 7) is 5.27. The standard InChI is InChI=1S/C20H23ClN4O3S/c1-12-9-15(13(2)25(12)7-8-27-3)17(26)11-29-20-22-19(23-24-20)16-10-14(21)5-6-18(16)28-4/h5-6,9-10H,7-8,11H2,1-4H3,(H,22,23,24). The average molecular weight is 435 g/mol. The highest BCUT2D eigenvalue weighted by atomic mass is 35.5. The number of Topliss-reactive ketones (excluding diaryl/α,β-unsaturated/α-hetero) is 1. The highest BCUT2D eigenvalue weighted by molar-refractivity contribution is 7.99. The predicted octanol–water partition coefficient (Wildman–Crippen LogP) is 4.17. The minimum absolute atomic E-state index is 0.0402. The molecule has 0 amide bonds. The molecule has 0 fully saturated rings. The van der Waals surface area contributed by atoms with Crippen LogP contribution in [0.25, 0.3) is 11.4 Å². The summed E-state index contributed by atoms with van der Waals surface area (Å²) in [4.78, 5) is 17.2. The van der Waals surface area contributed by atoms with Gasteiger partial charge in [0.2, 0.25) is 5.16 Å². The number of benzene rings is 1. The van der Waals surface area contributed by atoms with Crippen LogP contribution in [0, 0.1) is 13.8 Å². The molecular weight excluding hydrogens is 412 g/mol. The zero-order chi connectivity index (χ0) is 21.0. The van der Waals surface area contributed by atoms with Crippen LogP contribution in [-0.4, -0.2) is 52.1 Å². The third-order valence-corrected chi connectivity index (χ3v) is 5.69. The fraction of sp³-hybridized carbons (Fsp3) is 0.350. The Morgan fingerprint density at radius 3 is 2.79 bits per heavy atom. The molecule has 7 nitrogen and oxygen atoms in total. The Bertz CT molecular complexity index is 1020. The number of aromatic nitrogens is 4. The van der Waals surface area contributed by atoms with Crippen LogP contribution in [0.4, 0.5) is 0 Å². The fourth-order valence-electron chi connectivity index (χ4n) is 3.11.